The monoisotopic (exact) mass is 531 g/mol. The molecule has 0 saturated heterocycles. The van der Waals surface area contributed by atoms with Crippen LogP contribution in [0.5, 0.6) is 5.75 Å². The van der Waals surface area contributed by atoms with E-state index in [1.165, 1.54) is 28.3 Å². The second kappa shape index (κ2) is 9.94. The Balaban J connectivity index is 1.53. The number of rotatable bonds is 7. The molecule has 0 radical (unpaired) electrons. The van der Waals surface area contributed by atoms with Crippen LogP contribution in [-0.2, 0) is 10.0 Å². The van der Waals surface area contributed by atoms with Gasteiger partial charge in [-0.15, -0.1) is 11.3 Å². The van der Waals surface area contributed by atoms with Crippen LogP contribution in [0.15, 0.2) is 52.2 Å². The molecule has 33 heavy (non-hydrogen) atoms. The Morgan fingerprint density at radius 1 is 1.24 bits per heavy atom. The van der Waals surface area contributed by atoms with Crippen molar-refractivity contribution in [3.63, 3.8) is 0 Å². The van der Waals surface area contributed by atoms with E-state index in [0.717, 1.165) is 17.7 Å². The minimum atomic E-state index is -4.23. The third-order valence-electron chi connectivity index (χ3n) is 4.89. The molecule has 1 aliphatic rings. The van der Waals surface area contributed by atoms with Crippen LogP contribution in [0.1, 0.15) is 12.0 Å². The van der Waals surface area contributed by atoms with Gasteiger partial charge in [0.2, 0.25) is 0 Å². The van der Waals surface area contributed by atoms with Crippen molar-refractivity contribution in [3.05, 3.63) is 74.5 Å². The summed E-state index contributed by atoms with van der Waals surface area (Å²) in [6.45, 7) is 0.688. The van der Waals surface area contributed by atoms with Crippen molar-refractivity contribution in [1.82, 2.24) is 10.3 Å². The van der Waals surface area contributed by atoms with Crippen LogP contribution in [0.2, 0.25) is 10.0 Å². The lowest BCUT2D eigenvalue weighted by Gasteiger charge is -2.27. The maximum atomic E-state index is 14.7. The lowest BCUT2D eigenvalue weighted by molar-refractivity contribution is 0.287. The van der Waals surface area contributed by atoms with Gasteiger partial charge in [-0.3, -0.25) is 4.72 Å². The van der Waals surface area contributed by atoms with E-state index in [-0.39, 0.29) is 34.3 Å². The van der Waals surface area contributed by atoms with Crippen LogP contribution in [-0.4, -0.2) is 32.6 Å². The molecule has 1 unspecified atom stereocenters. The number of ether oxygens (including phenoxy) is 1. The fourth-order valence-corrected chi connectivity index (χ4v) is 5.53. The first-order valence-electron chi connectivity index (χ1n) is 9.67. The molecule has 1 atom stereocenters. The van der Waals surface area contributed by atoms with Crippen LogP contribution in [0.25, 0.3) is 5.57 Å². The van der Waals surface area contributed by atoms with Gasteiger partial charge in [0.05, 0.1) is 21.6 Å². The van der Waals surface area contributed by atoms with Gasteiger partial charge >= 0.3 is 0 Å². The molecule has 0 saturated carbocycles. The Labute approximate surface area is 203 Å². The van der Waals surface area contributed by atoms with E-state index in [1.54, 1.807) is 12.1 Å². The summed E-state index contributed by atoms with van der Waals surface area (Å²) in [6, 6.07) is 6.07. The van der Waals surface area contributed by atoms with Crippen LogP contribution < -0.4 is 14.8 Å². The third kappa shape index (κ3) is 5.30. The Morgan fingerprint density at radius 3 is 2.82 bits per heavy atom. The Hall–Kier alpha value is -2.24. The van der Waals surface area contributed by atoms with E-state index in [4.69, 9.17) is 27.9 Å². The smallest absolute Gasteiger partial charge is 0.266 e. The molecular weight excluding hydrogens is 515 g/mol. The summed E-state index contributed by atoms with van der Waals surface area (Å²) in [5, 5.41) is 4.65. The molecule has 1 aromatic heterocycles. The highest BCUT2D eigenvalue weighted by atomic mass is 35.5. The van der Waals surface area contributed by atoms with Crippen LogP contribution >= 0.6 is 34.5 Å². The molecule has 0 amide bonds. The highest BCUT2D eigenvalue weighted by molar-refractivity contribution is 7.92. The number of anilines is 1. The average Bonchev–Trinajstić information content (AvgIpc) is 3.28. The number of aromatic nitrogens is 1. The average molecular weight is 532 g/mol. The lowest BCUT2D eigenvalue weighted by Crippen LogP contribution is -2.39. The number of hydrogen-bond donors (Lipinski definition) is 2. The molecule has 6 nitrogen and oxygen atoms in total. The quantitative estimate of drug-likeness (QED) is 0.429. The molecular formula is C21H17Cl2F2N3O3S2. The normalized spacial score (nSPS) is 16.4. The minimum Gasteiger partial charge on any atom is -0.490 e. The van der Waals surface area contributed by atoms with Gasteiger partial charge in [0.15, 0.2) is 5.82 Å². The molecule has 0 aliphatic carbocycles. The van der Waals surface area contributed by atoms with Gasteiger partial charge in [-0.25, -0.2) is 22.2 Å². The van der Waals surface area contributed by atoms with Crippen molar-refractivity contribution >= 4 is 56.0 Å². The number of halogens is 4. The Morgan fingerprint density at radius 2 is 2.06 bits per heavy atom. The Bertz CT molecular complexity index is 1300. The zero-order valence-electron chi connectivity index (χ0n) is 16.8. The highest BCUT2D eigenvalue weighted by Crippen LogP contribution is 2.33. The van der Waals surface area contributed by atoms with Crippen molar-refractivity contribution in [2.75, 3.05) is 17.9 Å². The zero-order chi connectivity index (χ0) is 23.6. The fourth-order valence-electron chi connectivity index (χ4n) is 3.37. The van der Waals surface area contributed by atoms with E-state index >= 15 is 0 Å². The van der Waals surface area contributed by atoms with Crippen molar-refractivity contribution in [2.24, 2.45) is 0 Å². The maximum absolute atomic E-state index is 14.7. The van der Waals surface area contributed by atoms with E-state index in [0.29, 0.717) is 18.5 Å². The van der Waals surface area contributed by atoms with Gasteiger partial charge in [0, 0.05) is 17.0 Å². The molecule has 2 heterocycles. The predicted molar refractivity (Wildman–Crippen MR) is 126 cm³/mol. The largest absolute Gasteiger partial charge is 0.490 e. The molecule has 2 N–H and O–H groups in total. The molecule has 0 fully saturated rings. The first-order chi connectivity index (χ1) is 15.8. The van der Waals surface area contributed by atoms with E-state index in [1.807, 2.05) is 6.08 Å². The molecule has 12 heteroatoms. The van der Waals surface area contributed by atoms with Crippen LogP contribution in [0, 0.1) is 11.6 Å². The van der Waals surface area contributed by atoms with E-state index < -0.39 is 26.6 Å². The van der Waals surface area contributed by atoms with Gasteiger partial charge in [-0.05, 0) is 30.7 Å². The predicted octanol–water partition coefficient (Wildman–Crippen LogP) is 5.35. The fraction of sp³-hybridized carbons (Fsp3) is 0.190. The highest BCUT2D eigenvalue weighted by Gasteiger charge is 2.25. The SMILES string of the molecule is O=S(=O)(Nc1cscn1)c1cc(Cl)c(OCC2NCCC=C2c2cccc(F)c2Cl)cc1F. The topological polar surface area (TPSA) is 80.3 Å². The standard InChI is InChI=1S/C21H17Cl2F2N3O3S2/c22-14-7-19(33(29,30)28-20-10-32-11-27-20)16(25)8-18(14)31-9-17-12(4-2-6-26-17)13-3-1-5-15(24)21(13)23/h1,3-5,7-8,10-11,17,26,28H,2,6,9H2. The van der Waals surface area contributed by atoms with Crippen molar-refractivity contribution in [1.29, 1.82) is 0 Å². The molecule has 3 aromatic rings. The number of nitrogens with zero attached hydrogens (tertiary/aromatic N) is 1. The minimum absolute atomic E-state index is 0.00342. The lowest BCUT2D eigenvalue weighted by atomic mass is 9.95. The molecule has 0 bridgehead atoms. The summed E-state index contributed by atoms with van der Waals surface area (Å²) in [5.74, 6) is -1.51. The van der Waals surface area contributed by atoms with E-state index in [9.17, 15) is 17.2 Å². The van der Waals surface area contributed by atoms with Gasteiger partial charge in [0.1, 0.15) is 28.9 Å². The summed E-state index contributed by atoms with van der Waals surface area (Å²) in [5.41, 5.74) is 2.72. The summed E-state index contributed by atoms with van der Waals surface area (Å²) >= 11 is 13.5. The van der Waals surface area contributed by atoms with Crippen molar-refractivity contribution < 1.29 is 21.9 Å². The van der Waals surface area contributed by atoms with Crippen LogP contribution in [0.3, 0.4) is 0 Å². The second-order valence-corrected chi connectivity index (χ2v) is 10.2. The Kier molecular flexibility index (Phi) is 7.20. The van der Waals surface area contributed by atoms with Gasteiger partial charge in [-0.1, -0.05) is 41.4 Å². The molecule has 1 aliphatic heterocycles. The van der Waals surface area contributed by atoms with Gasteiger partial charge in [-0.2, -0.15) is 0 Å². The maximum Gasteiger partial charge on any atom is 0.266 e. The number of thiazole rings is 1. The zero-order valence-corrected chi connectivity index (χ0v) is 20.0. The molecule has 174 valence electrons. The number of nitrogens with one attached hydrogen (secondary N) is 2. The number of sulfonamides is 1. The summed E-state index contributed by atoms with van der Waals surface area (Å²) in [7, 11) is -4.23. The molecule has 0 spiro atoms. The summed E-state index contributed by atoms with van der Waals surface area (Å²) in [4.78, 5) is 3.20. The summed E-state index contributed by atoms with van der Waals surface area (Å²) in [6.07, 6.45) is 2.65. The number of benzene rings is 2. The number of hydrogen-bond acceptors (Lipinski definition) is 6. The van der Waals surface area contributed by atoms with Gasteiger partial charge in [0.25, 0.3) is 10.0 Å². The first kappa shape index (κ1) is 23.9. The first-order valence-corrected chi connectivity index (χ1v) is 12.8. The third-order valence-corrected chi connectivity index (χ3v) is 7.53. The van der Waals surface area contributed by atoms with Gasteiger partial charge < -0.3 is 10.1 Å². The van der Waals surface area contributed by atoms with Crippen LogP contribution in [0.4, 0.5) is 14.6 Å². The van der Waals surface area contributed by atoms with E-state index in [2.05, 4.69) is 15.0 Å². The molecule has 4 rings (SSSR count). The van der Waals surface area contributed by atoms with Crippen molar-refractivity contribution in [3.8, 4) is 5.75 Å². The van der Waals surface area contributed by atoms with Crippen molar-refractivity contribution in [2.45, 2.75) is 17.4 Å². The summed E-state index contributed by atoms with van der Waals surface area (Å²) < 4.78 is 61.5. The molecule has 2 aromatic carbocycles. The second-order valence-electron chi connectivity index (χ2n) is 7.06.